The van der Waals surface area contributed by atoms with Gasteiger partial charge in [0.15, 0.2) is 0 Å². The van der Waals surface area contributed by atoms with E-state index in [2.05, 4.69) is 13.0 Å². The number of unbranched alkanes of at least 4 members (excludes halogenated alkanes) is 2. The number of para-hydroxylation sites is 1. The fourth-order valence-electron chi connectivity index (χ4n) is 4.88. The van der Waals surface area contributed by atoms with Crippen LogP contribution in [0.3, 0.4) is 0 Å². The van der Waals surface area contributed by atoms with Gasteiger partial charge in [0, 0.05) is 12.0 Å². The lowest BCUT2D eigenvalue weighted by Gasteiger charge is -2.22. The average Bonchev–Trinajstić information content (AvgIpc) is 3.32. The van der Waals surface area contributed by atoms with Crippen molar-refractivity contribution < 1.29 is 24.2 Å². The molecule has 0 bridgehead atoms. The topological polar surface area (TPSA) is 96.6 Å². The van der Waals surface area contributed by atoms with Crippen LogP contribution in [-0.4, -0.2) is 23.7 Å². The summed E-state index contributed by atoms with van der Waals surface area (Å²) in [6.07, 6.45) is 5.68. The lowest BCUT2D eigenvalue weighted by Crippen LogP contribution is -2.28. The standard InChI is InChI=1S/C28H31NO5/c1-4-5-9-17-33-25(30)16-15-24-27(2,3)28(24,26(31)32)23(19-29)20-11-10-14-22(18-20)34-21-12-7-6-8-13-21/h6-8,10-16,18,23-24H,4-5,9,17H2,1-3H3,(H,31,32)/t23?,24-,28+/m0/s1. The minimum absolute atomic E-state index is 0.337. The van der Waals surface area contributed by atoms with Crippen molar-refractivity contribution in [2.24, 2.45) is 16.7 Å². The Kier molecular flexibility index (Phi) is 7.78. The molecule has 1 saturated carbocycles. The SMILES string of the molecule is CCCCCOC(=O)C=C[C@H]1C(C)(C)[C@]1(C(=O)O)C(C#N)c1cccc(Oc2ccccc2)c1. The third-order valence-corrected chi connectivity index (χ3v) is 6.78. The molecule has 1 aliphatic carbocycles. The minimum Gasteiger partial charge on any atom is -0.481 e. The van der Waals surface area contributed by atoms with Gasteiger partial charge in [-0.2, -0.15) is 5.26 Å². The Morgan fingerprint density at radius 3 is 2.47 bits per heavy atom. The molecule has 2 aromatic carbocycles. The van der Waals surface area contributed by atoms with Gasteiger partial charge in [0.2, 0.25) is 0 Å². The first kappa shape index (κ1) is 25.0. The number of ether oxygens (including phenoxy) is 2. The van der Waals surface area contributed by atoms with Crippen molar-refractivity contribution in [2.75, 3.05) is 6.61 Å². The predicted octanol–water partition coefficient (Wildman–Crippen LogP) is 6.10. The number of hydrogen-bond acceptors (Lipinski definition) is 5. The Hall–Kier alpha value is -3.59. The summed E-state index contributed by atoms with van der Waals surface area (Å²) in [6, 6.07) is 18.4. The van der Waals surface area contributed by atoms with E-state index in [1.807, 2.05) is 44.2 Å². The quantitative estimate of drug-likeness (QED) is 0.247. The summed E-state index contributed by atoms with van der Waals surface area (Å²) in [6.45, 7) is 6.04. The van der Waals surface area contributed by atoms with E-state index in [9.17, 15) is 20.0 Å². The zero-order valence-corrected chi connectivity index (χ0v) is 19.9. The lowest BCUT2D eigenvalue weighted by molar-refractivity contribution is -0.145. The van der Waals surface area contributed by atoms with Gasteiger partial charge in [-0.3, -0.25) is 4.79 Å². The smallest absolute Gasteiger partial charge is 0.330 e. The maximum absolute atomic E-state index is 12.6. The van der Waals surface area contributed by atoms with Gasteiger partial charge in [0.25, 0.3) is 0 Å². The predicted molar refractivity (Wildman–Crippen MR) is 128 cm³/mol. The largest absolute Gasteiger partial charge is 0.481 e. The fourth-order valence-corrected chi connectivity index (χ4v) is 4.88. The summed E-state index contributed by atoms with van der Waals surface area (Å²) in [5.74, 6) is -1.84. The number of carbonyl (C=O) groups is 2. The third-order valence-electron chi connectivity index (χ3n) is 6.78. The number of carboxylic acid groups (broad SMARTS) is 1. The van der Waals surface area contributed by atoms with Crippen LogP contribution < -0.4 is 4.74 Å². The number of rotatable bonds is 11. The molecule has 0 spiro atoms. The number of allylic oxidation sites excluding steroid dienone is 1. The molecule has 34 heavy (non-hydrogen) atoms. The molecule has 0 radical (unpaired) electrons. The molecular weight excluding hydrogens is 430 g/mol. The second-order valence-electron chi connectivity index (χ2n) is 9.16. The van der Waals surface area contributed by atoms with Crippen LogP contribution in [0.25, 0.3) is 0 Å². The second-order valence-corrected chi connectivity index (χ2v) is 9.16. The van der Waals surface area contributed by atoms with Crippen molar-refractivity contribution in [2.45, 2.75) is 46.0 Å². The first-order valence-electron chi connectivity index (χ1n) is 11.6. The Balaban J connectivity index is 1.84. The summed E-state index contributed by atoms with van der Waals surface area (Å²) in [4.78, 5) is 24.7. The molecule has 1 N–H and O–H groups in total. The maximum atomic E-state index is 12.6. The summed E-state index contributed by atoms with van der Waals surface area (Å²) >= 11 is 0. The molecule has 1 unspecified atom stereocenters. The molecule has 0 aliphatic heterocycles. The molecule has 178 valence electrons. The van der Waals surface area contributed by atoms with Crippen LogP contribution in [0.15, 0.2) is 66.7 Å². The van der Waals surface area contributed by atoms with Crippen LogP contribution in [0, 0.1) is 28.1 Å². The van der Waals surface area contributed by atoms with Crippen molar-refractivity contribution in [3.05, 3.63) is 72.3 Å². The van der Waals surface area contributed by atoms with Crippen LogP contribution in [-0.2, 0) is 14.3 Å². The fraction of sp³-hybridized carbons (Fsp3) is 0.393. The molecular formula is C28H31NO5. The van der Waals surface area contributed by atoms with Crippen molar-refractivity contribution in [3.8, 4) is 17.6 Å². The normalized spacial score (nSPS) is 21.4. The van der Waals surface area contributed by atoms with Crippen LogP contribution in [0.1, 0.15) is 51.5 Å². The Morgan fingerprint density at radius 1 is 1.12 bits per heavy atom. The first-order chi connectivity index (χ1) is 16.3. The Morgan fingerprint density at radius 2 is 1.82 bits per heavy atom. The van der Waals surface area contributed by atoms with Gasteiger partial charge in [0.05, 0.1) is 18.6 Å². The summed E-state index contributed by atoms with van der Waals surface area (Å²) in [7, 11) is 0. The Bertz CT molecular complexity index is 1090. The number of carbonyl (C=O) groups excluding carboxylic acids is 1. The van der Waals surface area contributed by atoms with Crippen LogP contribution in [0.2, 0.25) is 0 Å². The molecule has 0 heterocycles. The van der Waals surface area contributed by atoms with Crippen LogP contribution in [0.4, 0.5) is 0 Å². The van der Waals surface area contributed by atoms with E-state index in [0.29, 0.717) is 23.7 Å². The van der Waals surface area contributed by atoms with E-state index in [0.717, 1.165) is 19.3 Å². The molecule has 1 fully saturated rings. The molecule has 3 rings (SSSR count). The molecule has 0 amide bonds. The summed E-state index contributed by atoms with van der Waals surface area (Å²) in [5, 5.41) is 20.4. The van der Waals surface area contributed by atoms with Gasteiger partial charge in [-0.25, -0.2) is 4.79 Å². The number of nitrogens with zero attached hydrogens (tertiary/aromatic N) is 1. The summed E-state index contributed by atoms with van der Waals surface area (Å²) < 4.78 is 11.1. The van der Waals surface area contributed by atoms with E-state index in [-0.39, 0.29) is 0 Å². The maximum Gasteiger partial charge on any atom is 0.330 e. The van der Waals surface area contributed by atoms with Crippen molar-refractivity contribution in [1.29, 1.82) is 5.26 Å². The number of hydrogen-bond donors (Lipinski definition) is 1. The zero-order chi connectivity index (χ0) is 24.8. The molecule has 6 heteroatoms. The number of aliphatic carboxylic acids is 1. The van der Waals surface area contributed by atoms with Crippen molar-refractivity contribution in [3.63, 3.8) is 0 Å². The van der Waals surface area contributed by atoms with E-state index in [4.69, 9.17) is 9.47 Å². The average molecular weight is 462 g/mol. The highest BCUT2D eigenvalue weighted by atomic mass is 16.5. The highest BCUT2D eigenvalue weighted by Gasteiger charge is 2.78. The highest BCUT2D eigenvalue weighted by Crippen LogP contribution is 2.75. The lowest BCUT2D eigenvalue weighted by atomic mass is 9.78. The molecule has 1 aliphatic rings. The third kappa shape index (κ3) is 4.84. The van der Waals surface area contributed by atoms with E-state index in [1.165, 1.54) is 6.08 Å². The number of nitriles is 1. The van der Waals surface area contributed by atoms with Crippen molar-refractivity contribution in [1.82, 2.24) is 0 Å². The van der Waals surface area contributed by atoms with Gasteiger partial charge < -0.3 is 14.6 Å². The monoisotopic (exact) mass is 461 g/mol. The minimum atomic E-state index is -1.38. The molecule has 3 atom stereocenters. The van der Waals surface area contributed by atoms with E-state index < -0.39 is 34.6 Å². The summed E-state index contributed by atoms with van der Waals surface area (Å²) in [5.41, 5.74) is -1.56. The van der Waals surface area contributed by atoms with Crippen LogP contribution >= 0.6 is 0 Å². The van der Waals surface area contributed by atoms with Gasteiger partial charge in [-0.1, -0.05) is 70.0 Å². The number of benzene rings is 2. The van der Waals surface area contributed by atoms with Gasteiger partial charge in [-0.15, -0.1) is 0 Å². The van der Waals surface area contributed by atoms with E-state index >= 15 is 0 Å². The molecule has 2 aromatic rings. The molecule has 0 aromatic heterocycles. The molecule has 0 saturated heterocycles. The van der Waals surface area contributed by atoms with Gasteiger partial charge >= 0.3 is 11.9 Å². The zero-order valence-electron chi connectivity index (χ0n) is 19.9. The second kappa shape index (κ2) is 10.6. The number of carboxylic acids is 1. The van der Waals surface area contributed by atoms with E-state index in [1.54, 1.807) is 30.3 Å². The van der Waals surface area contributed by atoms with Crippen molar-refractivity contribution >= 4 is 11.9 Å². The first-order valence-corrected chi connectivity index (χ1v) is 11.6. The van der Waals surface area contributed by atoms with Gasteiger partial charge in [-0.05, 0) is 41.7 Å². The molecule has 6 nitrogen and oxygen atoms in total. The van der Waals surface area contributed by atoms with Gasteiger partial charge in [0.1, 0.15) is 16.9 Å². The number of esters is 1. The highest BCUT2D eigenvalue weighted by molar-refractivity contribution is 5.86. The Labute approximate surface area is 200 Å². The van der Waals surface area contributed by atoms with Crippen LogP contribution in [0.5, 0.6) is 11.5 Å².